The van der Waals surface area contributed by atoms with Crippen molar-refractivity contribution in [3.8, 4) is 22.4 Å². The van der Waals surface area contributed by atoms with Gasteiger partial charge in [0, 0.05) is 22.7 Å². The SMILES string of the molecule is [2H]C([2H])([2H])c1cc(-c2cc(C([2H])([2H])C3CCCC3)c(C([2H])([2H])[2H])cn2)ccc1-c1ccc([Si](C)(C)C)cc1. The van der Waals surface area contributed by atoms with Gasteiger partial charge < -0.3 is 0 Å². The zero-order valence-electron chi connectivity index (χ0n) is 26.0. The first kappa shape index (κ1) is 13.3. The fourth-order valence-electron chi connectivity index (χ4n) is 4.13. The Labute approximate surface area is 194 Å². The Morgan fingerprint density at radius 3 is 2.30 bits per heavy atom. The van der Waals surface area contributed by atoms with Crippen LogP contribution in [0.3, 0.4) is 0 Å². The van der Waals surface area contributed by atoms with Crippen LogP contribution in [0.4, 0.5) is 0 Å². The van der Waals surface area contributed by atoms with Gasteiger partial charge in [0.15, 0.2) is 0 Å². The Morgan fingerprint density at radius 1 is 0.933 bits per heavy atom. The maximum Gasteiger partial charge on any atom is 0.0775 e. The first-order chi connectivity index (χ1) is 17.5. The maximum atomic E-state index is 8.90. The quantitative estimate of drug-likeness (QED) is 0.393. The number of aromatic nitrogens is 1. The van der Waals surface area contributed by atoms with Gasteiger partial charge in [0.05, 0.1) is 13.8 Å². The summed E-state index contributed by atoms with van der Waals surface area (Å²) in [6, 6.07) is 14.7. The molecule has 1 fully saturated rings. The lowest BCUT2D eigenvalue weighted by molar-refractivity contribution is 0.545. The van der Waals surface area contributed by atoms with Gasteiger partial charge in [-0.15, -0.1) is 0 Å². The largest absolute Gasteiger partial charge is 0.256 e. The summed E-state index contributed by atoms with van der Waals surface area (Å²) < 4.78 is 66.4. The number of benzene rings is 2. The second kappa shape index (κ2) is 8.51. The molecule has 4 rings (SSSR count). The van der Waals surface area contributed by atoms with E-state index in [4.69, 9.17) is 11.0 Å². The molecule has 0 N–H and O–H groups in total. The van der Waals surface area contributed by atoms with Gasteiger partial charge in [0.1, 0.15) is 0 Å². The molecule has 30 heavy (non-hydrogen) atoms. The minimum Gasteiger partial charge on any atom is -0.256 e. The number of hydrogen-bond acceptors (Lipinski definition) is 1. The third-order valence-electron chi connectivity index (χ3n) is 6.00. The van der Waals surface area contributed by atoms with Crippen molar-refractivity contribution in [1.29, 1.82) is 0 Å². The van der Waals surface area contributed by atoms with Gasteiger partial charge in [-0.25, -0.2) is 0 Å². The Bertz CT molecular complexity index is 1300. The van der Waals surface area contributed by atoms with Gasteiger partial charge in [-0.1, -0.05) is 86.9 Å². The van der Waals surface area contributed by atoms with Crippen LogP contribution in [0.5, 0.6) is 0 Å². The van der Waals surface area contributed by atoms with Crippen molar-refractivity contribution in [3.63, 3.8) is 0 Å². The van der Waals surface area contributed by atoms with E-state index in [9.17, 15) is 0 Å². The zero-order valence-corrected chi connectivity index (χ0v) is 19.0. The van der Waals surface area contributed by atoms with Gasteiger partial charge in [-0.2, -0.15) is 0 Å². The van der Waals surface area contributed by atoms with Crippen LogP contribution in [0.15, 0.2) is 54.7 Å². The predicted octanol–water partition coefficient (Wildman–Crippen LogP) is 7.31. The van der Waals surface area contributed by atoms with E-state index < -0.39 is 28.2 Å². The predicted molar refractivity (Wildman–Crippen MR) is 133 cm³/mol. The monoisotopic (exact) mass is 421 g/mol. The zero-order chi connectivity index (χ0) is 28.1. The summed E-state index contributed by atoms with van der Waals surface area (Å²) in [6.45, 7) is 1.89. The molecule has 0 aliphatic heterocycles. The van der Waals surface area contributed by atoms with Gasteiger partial charge in [-0.3, -0.25) is 4.98 Å². The van der Waals surface area contributed by atoms with E-state index >= 15 is 0 Å². The standard InChI is InChI=1S/C28H35NSi/c1-20-16-24(12-15-27(20)23-10-13-26(14-11-23)30(3,4)5)28-18-25(21(2)19-29-28)17-22-8-6-7-9-22/h10-16,18-19,22H,6-9,17H2,1-5H3/i1D3,2D3,17D2. The molecule has 0 radical (unpaired) electrons. The summed E-state index contributed by atoms with van der Waals surface area (Å²) >= 11 is 0. The van der Waals surface area contributed by atoms with Gasteiger partial charge >= 0.3 is 0 Å². The highest BCUT2D eigenvalue weighted by atomic mass is 28.3. The van der Waals surface area contributed by atoms with Gasteiger partial charge in [-0.05, 0) is 65.9 Å². The average molecular weight is 422 g/mol. The van der Waals surface area contributed by atoms with E-state index in [1.54, 1.807) is 18.2 Å². The van der Waals surface area contributed by atoms with Crippen LogP contribution >= 0.6 is 0 Å². The summed E-state index contributed by atoms with van der Waals surface area (Å²) in [5, 5.41) is 1.29. The lowest BCUT2D eigenvalue weighted by atomic mass is 9.93. The number of pyridine rings is 1. The fraction of sp³-hybridized carbons (Fsp3) is 0.393. The highest BCUT2D eigenvalue weighted by Gasteiger charge is 2.18. The number of hydrogen-bond donors (Lipinski definition) is 0. The fourth-order valence-corrected chi connectivity index (χ4v) is 5.29. The van der Waals surface area contributed by atoms with E-state index in [0.717, 1.165) is 18.4 Å². The molecule has 1 aliphatic carbocycles. The Kier molecular flexibility index (Phi) is 3.76. The smallest absolute Gasteiger partial charge is 0.0775 e. The summed E-state index contributed by atoms with van der Waals surface area (Å²) in [7, 11) is -1.50. The number of nitrogens with zero attached hydrogens (tertiary/aromatic N) is 1. The topological polar surface area (TPSA) is 12.9 Å². The highest BCUT2D eigenvalue weighted by molar-refractivity contribution is 6.88. The van der Waals surface area contributed by atoms with Crippen LogP contribution in [-0.4, -0.2) is 13.1 Å². The summed E-state index contributed by atoms with van der Waals surface area (Å²) in [4.78, 5) is 4.37. The summed E-state index contributed by atoms with van der Waals surface area (Å²) in [5.41, 5.74) is 2.51. The van der Waals surface area contributed by atoms with Crippen molar-refractivity contribution in [1.82, 2.24) is 4.98 Å². The second-order valence-electron chi connectivity index (χ2n) is 9.33. The lowest BCUT2D eigenvalue weighted by Crippen LogP contribution is -2.37. The normalized spacial score (nSPS) is 20.2. The molecule has 0 atom stereocenters. The third kappa shape index (κ3) is 4.59. The van der Waals surface area contributed by atoms with Gasteiger partial charge in [0.25, 0.3) is 0 Å². The molecule has 0 amide bonds. The first-order valence-corrected chi connectivity index (χ1v) is 14.3. The Morgan fingerprint density at radius 2 is 1.63 bits per heavy atom. The van der Waals surface area contributed by atoms with E-state index in [1.807, 2.05) is 12.1 Å². The molecule has 3 aromatic rings. The molecule has 1 saturated carbocycles. The third-order valence-corrected chi connectivity index (χ3v) is 8.06. The van der Waals surface area contributed by atoms with Crippen LogP contribution in [0.25, 0.3) is 22.4 Å². The highest BCUT2D eigenvalue weighted by Crippen LogP contribution is 2.31. The molecule has 2 heteroatoms. The molecule has 1 heterocycles. The molecule has 156 valence electrons. The molecule has 2 aromatic carbocycles. The lowest BCUT2D eigenvalue weighted by Gasteiger charge is -2.17. The molecule has 0 saturated heterocycles. The van der Waals surface area contributed by atoms with E-state index in [2.05, 4.69) is 36.8 Å². The van der Waals surface area contributed by atoms with Crippen molar-refractivity contribution >= 4 is 13.3 Å². The minimum atomic E-state index is -2.51. The van der Waals surface area contributed by atoms with Crippen LogP contribution in [0.2, 0.25) is 19.6 Å². The molecule has 0 bridgehead atoms. The molecular formula is C28H35NSi. The van der Waals surface area contributed by atoms with Crippen LogP contribution < -0.4 is 5.19 Å². The van der Waals surface area contributed by atoms with Crippen molar-refractivity contribution < 1.29 is 11.0 Å². The van der Waals surface area contributed by atoms with E-state index in [0.29, 0.717) is 29.7 Å². The molecule has 1 aliphatic rings. The second-order valence-corrected chi connectivity index (χ2v) is 14.4. The van der Waals surface area contributed by atoms with E-state index in [1.165, 1.54) is 17.4 Å². The number of aryl methyl sites for hydroxylation is 2. The minimum absolute atomic E-state index is 0.0895. The first-order valence-electron chi connectivity index (χ1n) is 14.8. The number of rotatable bonds is 5. The molecule has 1 nitrogen and oxygen atoms in total. The van der Waals surface area contributed by atoms with Crippen molar-refractivity contribution in [2.24, 2.45) is 5.92 Å². The van der Waals surface area contributed by atoms with E-state index in [-0.39, 0.29) is 22.6 Å². The van der Waals surface area contributed by atoms with Gasteiger partial charge in [0.2, 0.25) is 0 Å². The summed E-state index contributed by atoms with van der Waals surface area (Å²) in [6.07, 6.45) is 2.67. The van der Waals surface area contributed by atoms with Crippen LogP contribution in [-0.2, 0) is 6.37 Å². The maximum absolute atomic E-state index is 8.90. The molecule has 1 aromatic heterocycles. The molecular weight excluding hydrogens is 378 g/mol. The van der Waals surface area contributed by atoms with Crippen molar-refractivity contribution in [2.45, 2.75) is 65.4 Å². The Balaban J connectivity index is 1.83. The van der Waals surface area contributed by atoms with Crippen LogP contribution in [0.1, 0.15) is 53.3 Å². The Hall–Kier alpha value is -2.19. The van der Waals surface area contributed by atoms with Crippen molar-refractivity contribution in [3.05, 3.63) is 71.4 Å². The van der Waals surface area contributed by atoms with Crippen LogP contribution in [0, 0.1) is 19.6 Å². The average Bonchev–Trinajstić information content (AvgIpc) is 3.38. The summed E-state index contributed by atoms with van der Waals surface area (Å²) in [5.74, 6) is -0.265. The van der Waals surface area contributed by atoms with Crippen molar-refractivity contribution in [2.75, 3.05) is 0 Å². The molecule has 0 unspecified atom stereocenters. The molecule has 0 spiro atoms.